The second-order valence-electron chi connectivity index (χ2n) is 8.46. The molecule has 1 amide bonds. The Balaban J connectivity index is 1.45. The van der Waals surface area contributed by atoms with Gasteiger partial charge in [0.2, 0.25) is 5.91 Å². The van der Waals surface area contributed by atoms with Crippen molar-refractivity contribution in [1.29, 1.82) is 0 Å². The number of hydrogen-bond donors (Lipinski definition) is 1. The summed E-state index contributed by atoms with van der Waals surface area (Å²) < 4.78 is 5.26. The second-order valence-corrected chi connectivity index (χ2v) is 8.46. The Morgan fingerprint density at radius 1 is 1.21 bits per heavy atom. The Morgan fingerprint density at radius 2 is 2.03 bits per heavy atom. The number of amides is 1. The summed E-state index contributed by atoms with van der Waals surface area (Å²) in [6.07, 6.45) is 8.85. The fourth-order valence-electron chi connectivity index (χ4n) is 4.45. The van der Waals surface area contributed by atoms with Crippen LogP contribution in [0.15, 0.2) is 12.4 Å². The molecular weight excluding hydrogens is 366 g/mol. The van der Waals surface area contributed by atoms with Gasteiger partial charge in [0.15, 0.2) is 0 Å². The highest BCUT2D eigenvalue weighted by Crippen LogP contribution is 2.26. The number of likely N-dealkylation sites (tertiary alicyclic amines) is 1. The van der Waals surface area contributed by atoms with Crippen LogP contribution < -0.4 is 10.2 Å². The summed E-state index contributed by atoms with van der Waals surface area (Å²) in [5.74, 6) is 3.38. The Bertz CT molecular complexity index is 633. The van der Waals surface area contributed by atoms with Gasteiger partial charge in [-0.25, -0.2) is 9.97 Å². The van der Waals surface area contributed by atoms with Crippen LogP contribution in [0.1, 0.15) is 51.9 Å². The number of nitrogens with one attached hydrogen (secondary N) is 1. The number of nitrogens with zero attached hydrogens (tertiary/aromatic N) is 4. The molecule has 2 saturated heterocycles. The van der Waals surface area contributed by atoms with E-state index in [9.17, 15) is 4.79 Å². The van der Waals surface area contributed by atoms with E-state index in [0.29, 0.717) is 24.2 Å². The maximum absolute atomic E-state index is 12.7. The van der Waals surface area contributed by atoms with Crippen LogP contribution >= 0.6 is 0 Å². The normalized spacial score (nSPS) is 20.7. The van der Waals surface area contributed by atoms with Crippen LogP contribution in [-0.4, -0.2) is 67.2 Å². The average Bonchev–Trinajstić information content (AvgIpc) is 2.77. The minimum absolute atomic E-state index is 0.325. The van der Waals surface area contributed by atoms with Crippen molar-refractivity contribution in [1.82, 2.24) is 14.9 Å². The number of carbonyl (C=O) groups is 1. The van der Waals surface area contributed by atoms with Gasteiger partial charge in [-0.2, -0.15) is 0 Å². The van der Waals surface area contributed by atoms with Gasteiger partial charge in [-0.3, -0.25) is 4.79 Å². The quantitative estimate of drug-likeness (QED) is 0.683. The monoisotopic (exact) mass is 403 g/mol. The van der Waals surface area contributed by atoms with Gasteiger partial charge in [-0.05, 0) is 50.4 Å². The van der Waals surface area contributed by atoms with E-state index >= 15 is 0 Å². The molecule has 7 heteroatoms. The third-order valence-electron chi connectivity index (χ3n) is 6.19. The summed E-state index contributed by atoms with van der Waals surface area (Å²) in [6, 6.07) is 2.05. The van der Waals surface area contributed by atoms with Gasteiger partial charge in [0.1, 0.15) is 18.0 Å². The van der Waals surface area contributed by atoms with E-state index in [1.54, 1.807) is 13.4 Å². The first kappa shape index (κ1) is 21.8. The first-order valence-corrected chi connectivity index (χ1v) is 11.3. The minimum Gasteiger partial charge on any atom is -0.384 e. The Hall–Kier alpha value is -1.89. The largest absolute Gasteiger partial charge is 0.384 e. The number of hydrogen-bond acceptors (Lipinski definition) is 6. The zero-order valence-electron chi connectivity index (χ0n) is 18.1. The molecule has 0 radical (unpaired) electrons. The molecule has 162 valence electrons. The third kappa shape index (κ3) is 6.56. The molecule has 0 aromatic carbocycles. The van der Waals surface area contributed by atoms with E-state index < -0.39 is 0 Å². The number of ether oxygens (including phenoxy) is 1. The van der Waals surface area contributed by atoms with Crippen LogP contribution in [0.2, 0.25) is 0 Å². The molecule has 1 unspecified atom stereocenters. The molecule has 0 saturated carbocycles. The van der Waals surface area contributed by atoms with Crippen LogP contribution in [0, 0.1) is 11.8 Å². The molecule has 7 nitrogen and oxygen atoms in total. The summed E-state index contributed by atoms with van der Waals surface area (Å²) in [6.45, 7) is 7.67. The molecule has 2 fully saturated rings. The van der Waals surface area contributed by atoms with Gasteiger partial charge in [0.05, 0.1) is 0 Å². The molecule has 1 atom stereocenters. The maximum atomic E-state index is 12.7. The Kier molecular flexibility index (Phi) is 8.52. The van der Waals surface area contributed by atoms with E-state index in [-0.39, 0.29) is 0 Å². The zero-order valence-corrected chi connectivity index (χ0v) is 18.1. The molecule has 1 aromatic heterocycles. The number of aromatic nitrogens is 2. The zero-order chi connectivity index (χ0) is 20.5. The highest BCUT2D eigenvalue weighted by atomic mass is 16.5. The second kappa shape index (κ2) is 11.3. The summed E-state index contributed by atoms with van der Waals surface area (Å²) in [7, 11) is 1.76. The number of carbonyl (C=O) groups excluding carboxylic acids is 1. The van der Waals surface area contributed by atoms with Crippen LogP contribution in [0.3, 0.4) is 0 Å². The Morgan fingerprint density at radius 3 is 2.79 bits per heavy atom. The molecule has 3 rings (SSSR count). The van der Waals surface area contributed by atoms with Crippen LogP contribution in [0.5, 0.6) is 0 Å². The SMILES string of the molecule is CCCNc1cc(N2CCCC(CCC(=O)N3CCC(COC)CC3)C2)ncn1. The van der Waals surface area contributed by atoms with Crippen molar-refractivity contribution in [2.24, 2.45) is 11.8 Å². The minimum atomic E-state index is 0.325. The van der Waals surface area contributed by atoms with Crippen LogP contribution in [-0.2, 0) is 9.53 Å². The highest BCUT2D eigenvalue weighted by Gasteiger charge is 2.25. The van der Waals surface area contributed by atoms with Crippen molar-refractivity contribution in [3.05, 3.63) is 12.4 Å². The number of rotatable bonds is 9. The first-order chi connectivity index (χ1) is 14.2. The predicted octanol–water partition coefficient (Wildman–Crippen LogP) is 3.18. The van der Waals surface area contributed by atoms with Crippen LogP contribution in [0.4, 0.5) is 11.6 Å². The molecular formula is C22H37N5O2. The van der Waals surface area contributed by atoms with Gasteiger partial charge in [0.25, 0.3) is 0 Å². The van der Waals surface area contributed by atoms with Gasteiger partial charge in [-0.1, -0.05) is 6.92 Å². The van der Waals surface area contributed by atoms with Gasteiger partial charge < -0.3 is 19.9 Å². The molecule has 29 heavy (non-hydrogen) atoms. The lowest BCUT2D eigenvalue weighted by Gasteiger charge is -2.35. The summed E-state index contributed by atoms with van der Waals surface area (Å²) in [5.41, 5.74) is 0. The molecule has 2 aliphatic rings. The third-order valence-corrected chi connectivity index (χ3v) is 6.19. The molecule has 0 bridgehead atoms. The number of anilines is 2. The molecule has 1 N–H and O–H groups in total. The van der Waals surface area contributed by atoms with Crippen molar-refractivity contribution in [3.8, 4) is 0 Å². The lowest BCUT2D eigenvalue weighted by molar-refractivity contribution is -0.133. The van der Waals surface area contributed by atoms with E-state index in [0.717, 1.165) is 83.1 Å². The topological polar surface area (TPSA) is 70.6 Å². The molecule has 2 aliphatic heterocycles. The van der Waals surface area contributed by atoms with Crippen molar-refractivity contribution in [3.63, 3.8) is 0 Å². The standard InChI is InChI=1S/C22H37N5O2/c1-3-10-23-20-14-21(25-17-24-20)27-11-4-5-18(15-27)6-7-22(28)26-12-8-19(9-13-26)16-29-2/h14,17-19H,3-13,15-16H2,1-2H3,(H,23,24,25). The smallest absolute Gasteiger partial charge is 0.222 e. The fraction of sp³-hybridized carbons (Fsp3) is 0.773. The van der Waals surface area contributed by atoms with Gasteiger partial charge >= 0.3 is 0 Å². The summed E-state index contributed by atoms with van der Waals surface area (Å²) in [4.78, 5) is 25.9. The van der Waals surface area contributed by atoms with Gasteiger partial charge in [0, 0.05) is 58.9 Å². The first-order valence-electron chi connectivity index (χ1n) is 11.3. The fourth-order valence-corrected chi connectivity index (χ4v) is 4.45. The predicted molar refractivity (Wildman–Crippen MR) is 116 cm³/mol. The maximum Gasteiger partial charge on any atom is 0.222 e. The van der Waals surface area contributed by atoms with Gasteiger partial charge in [-0.15, -0.1) is 0 Å². The molecule has 3 heterocycles. The lowest BCUT2D eigenvalue weighted by atomic mass is 9.92. The molecule has 1 aromatic rings. The summed E-state index contributed by atoms with van der Waals surface area (Å²) in [5, 5.41) is 3.34. The molecule has 0 spiro atoms. The Labute approximate surface area is 175 Å². The van der Waals surface area contributed by atoms with E-state index in [2.05, 4.69) is 32.0 Å². The van der Waals surface area contributed by atoms with E-state index in [1.807, 2.05) is 6.07 Å². The average molecular weight is 404 g/mol. The van der Waals surface area contributed by atoms with Crippen molar-refractivity contribution >= 4 is 17.5 Å². The van der Waals surface area contributed by atoms with E-state index in [1.165, 1.54) is 6.42 Å². The van der Waals surface area contributed by atoms with Crippen molar-refractivity contribution in [2.45, 2.75) is 51.9 Å². The highest BCUT2D eigenvalue weighted by molar-refractivity contribution is 5.76. The summed E-state index contributed by atoms with van der Waals surface area (Å²) >= 11 is 0. The number of piperidine rings is 2. The number of methoxy groups -OCH3 is 1. The lowest BCUT2D eigenvalue weighted by Crippen LogP contribution is -2.40. The van der Waals surface area contributed by atoms with Crippen LogP contribution in [0.25, 0.3) is 0 Å². The van der Waals surface area contributed by atoms with Crippen molar-refractivity contribution in [2.75, 3.05) is 56.7 Å². The van der Waals surface area contributed by atoms with Crippen molar-refractivity contribution < 1.29 is 9.53 Å². The molecule has 0 aliphatic carbocycles. The van der Waals surface area contributed by atoms with E-state index in [4.69, 9.17) is 4.74 Å².